The first-order valence-corrected chi connectivity index (χ1v) is 7.43. The van der Waals surface area contributed by atoms with Crippen molar-refractivity contribution in [3.8, 4) is 0 Å². The third-order valence-corrected chi connectivity index (χ3v) is 3.46. The molecule has 0 saturated heterocycles. The minimum absolute atomic E-state index is 0.550. The SMILES string of the molecule is CC(C)=NN(C)c1ccnc(Nc2ccc3c(ccn3C)c2)n1. The monoisotopic (exact) mass is 308 g/mol. The minimum Gasteiger partial charge on any atom is -0.351 e. The van der Waals surface area contributed by atoms with Gasteiger partial charge in [0.1, 0.15) is 0 Å². The Kier molecular flexibility index (Phi) is 3.97. The number of aryl methyl sites for hydroxylation is 1. The van der Waals surface area contributed by atoms with E-state index in [0.717, 1.165) is 17.2 Å². The maximum Gasteiger partial charge on any atom is 0.229 e. The van der Waals surface area contributed by atoms with Crippen molar-refractivity contribution in [2.75, 3.05) is 17.4 Å². The first-order chi connectivity index (χ1) is 11.0. The molecule has 23 heavy (non-hydrogen) atoms. The highest BCUT2D eigenvalue weighted by molar-refractivity contribution is 5.84. The summed E-state index contributed by atoms with van der Waals surface area (Å²) in [5.74, 6) is 1.29. The standard InChI is InChI=1S/C17H20N6/c1-12(2)21-23(4)16-7-9-18-17(20-16)19-14-5-6-15-13(11-14)8-10-22(15)3/h5-11H,1-4H3,(H,18,19,20). The van der Waals surface area contributed by atoms with E-state index in [1.165, 1.54) is 10.9 Å². The van der Waals surface area contributed by atoms with E-state index in [1.54, 1.807) is 11.2 Å². The van der Waals surface area contributed by atoms with E-state index in [9.17, 15) is 0 Å². The van der Waals surface area contributed by atoms with Gasteiger partial charge in [0.2, 0.25) is 5.95 Å². The van der Waals surface area contributed by atoms with E-state index >= 15 is 0 Å². The molecule has 2 aromatic heterocycles. The molecule has 118 valence electrons. The number of rotatable bonds is 4. The van der Waals surface area contributed by atoms with Gasteiger partial charge in [-0.05, 0) is 38.1 Å². The molecular formula is C17H20N6. The summed E-state index contributed by atoms with van der Waals surface area (Å²) >= 11 is 0. The molecule has 1 N–H and O–H groups in total. The van der Waals surface area contributed by atoms with Gasteiger partial charge in [-0.3, -0.25) is 5.01 Å². The van der Waals surface area contributed by atoms with Crippen molar-refractivity contribution >= 4 is 34.1 Å². The zero-order valence-corrected chi connectivity index (χ0v) is 13.8. The van der Waals surface area contributed by atoms with Crippen LogP contribution < -0.4 is 10.3 Å². The highest BCUT2D eigenvalue weighted by Crippen LogP contribution is 2.22. The molecule has 0 aliphatic carbocycles. The molecule has 0 amide bonds. The van der Waals surface area contributed by atoms with Crippen LogP contribution in [0, 0.1) is 0 Å². The summed E-state index contributed by atoms with van der Waals surface area (Å²) in [6.45, 7) is 3.90. The van der Waals surface area contributed by atoms with Crippen molar-refractivity contribution in [2.24, 2.45) is 12.1 Å². The van der Waals surface area contributed by atoms with Gasteiger partial charge in [-0.1, -0.05) is 0 Å². The van der Waals surface area contributed by atoms with E-state index in [-0.39, 0.29) is 0 Å². The maximum atomic E-state index is 4.50. The lowest BCUT2D eigenvalue weighted by atomic mass is 10.2. The maximum absolute atomic E-state index is 4.50. The molecule has 1 aromatic carbocycles. The topological polar surface area (TPSA) is 58.3 Å². The van der Waals surface area contributed by atoms with Crippen LogP contribution in [0.2, 0.25) is 0 Å². The van der Waals surface area contributed by atoms with E-state index in [2.05, 4.69) is 43.2 Å². The van der Waals surface area contributed by atoms with Crippen LogP contribution >= 0.6 is 0 Å². The summed E-state index contributed by atoms with van der Waals surface area (Å²) in [6, 6.07) is 10.1. The van der Waals surface area contributed by atoms with E-state index < -0.39 is 0 Å². The Morgan fingerprint density at radius 3 is 2.83 bits per heavy atom. The Balaban J connectivity index is 1.85. The third kappa shape index (κ3) is 3.31. The molecule has 0 unspecified atom stereocenters. The molecule has 0 aliphatic heterocycles. The van der Waals surface area contributed by atoms with Crippen molar-refractivity contribution in [3.63, 3.8) is 0 Å². The zero-order chi connectivity index (χ0) is 16.4. The van der Waals surface area contributed by atoms with Crippen molar-refractivity contribution in [1.82, 2.24) is 14.5 Å². The van der Waals surface area contributed by atoms with Gasteiger partial charge < -0.3 is 9.88 Å². The van der Waals surface area contributed by atoms with Crippen LogP contribution in [0.5, 0.6) is 0 Å². The number of nitrogens with zero attached hydrogens (tertiary/aromatic N) is 5. The Bertz CT molecular complexity index is 860. The molecule has 3 aromatic rings. The van der Waals surface area contributed by atoms with Crippen molar-refractivity contribution in [2.45, 2.75) is 13.8 Å². The molecule has 2 heterocycles. The lowest BCUT2D eigenvalue weighted by Crippen LogP contribution is -2.13. The number of hydrazone groups is 1. The Hall–Kier alpha value is -2.89. The summed E-state index contributed by atoms with van der Waals surface area (Å²) in [5, 5.41) is 10.5. The number of hydrogen-bond acceptors (Lipinski definition) is 5. The van der Waals surface area contributed by atoms with Gasteiger partial charge in [-0.2, -0.15) is 10.1 Å². The molecule has 0 radical (unpaired) electrons. The zero-order valence-electron chi connectivity index (χ0n) is 13.8. The molecule has 3 rings (SSSR count). The fraction of sp³-hybridized carbons (Fsp3) is 0.235. The number of fused-ring (bicyclic) bond motifs is 1. The summed E-state index contributed by atoms with van der Waals surface area (Å²) < 4.78 is 2.09. The smallest absolute Gasteiger partial charge is 0.229 e. The average Bonchev–Trinajstić information content (AvgIpc) is 2.88. The summed E-state index contributed by atoms with van der Waals surface area (Å²) in [6.07, 6.45) is 3.77. The van der Waals surface area contributed by atoms with E-state index in [0.29, 0.717) is 5.95 Å². The second-order valence-corrected chi connectivity index (χ2v) is 5.63. The summed E-state index contributed by atoms with van der Waals surface area (Å²) in [4.78, 5) is 8.78. The lowest BCUT2D eigenvalue weighted by molar-refractivity contribution is 0.962. The van der Waals surface area contributed by atoms with Crippen molar-refractivity contribution in [1.29, 1.82) is 0 Å². The Morgan fingerprint density at radius 1 is 1.22 bits per heavy atom. The Labute approximate surface area is 135 Å². The second kappa shape index (κ2) is 6.08. The number of hydrogen-bond donors (Lipinski definition) is 1. The first-order valence-electron chi connectivity index (χ1n) is 7.43. The number of aromatic nitrogens is 3. The van der Waals surface area contributed by atoms with Crippen LogP contribution in [0.1, 0.15) is 13.8 Å². The van der Waals surface area contributed by atoms with Crippen LogP contribution in [0.4, 0.5) is 17.5 Å². The van der Waals surface area contributed by atoms with Gasteiger partial charge in [0.25, 0.3) is 0 Å². The van der Waals surface area contributed by atoms with Crippen LogP contribution in [-0.4, -0.2) is 27.3 Å². The summed E-state index contributed by atoms with van der Waals surface area (Å²) in [7, 11) is 3.91. The van der Waals surface area contributed by atoms with Gasteiger partial charge in [-0.25, -0.2) is 4.98 Å². The molecule has 0 saturated carbocycles. The predicted molar refractivity (Wildman–Crippen MR) is 95.4 cm³/mol. The molecule has 0 aliphatic rings. The minimum atomic E-state index is 0.550. The van der Waals surface area contributed by atoms with Crippen LogP contribution in [-0.2, 0) is 7.05 Å². The van der Waals surface area contributed by atoms with Crippen molar-refractivity contribution < 1.29 is 0 Å². The number of benzene rings is 1. The fourth-order valence-corrected chi connectivity index (χ4v) is 2.43. The lowest BCUT2D eigenvalue weighted by Gasteiger charge is -2.13. The second-order valence-electron chi connectivity index (χ2n) is 5.63. The van der Waals surface area contributed by atoms with Gasteiger partial charge in [0, 0.05) is 54.9 Å². The third-order valence-electron chi connectivity index (χ3n) is 3.46. The molecule has 0 spiro atoms. The molecule has 0 fully saturated rings. The predicted octanol–water partition coefficient (Wildman–Crippen LogP) is 3.54. The van der Waals surface area contributed by atoms with Gasteiger partial charge in [-0.15, -0.1) is 0 Å². The van der Waals surface area contributed by atoms with Gasteiger partial charge in [0.05, 0.1) is 0 Å². The first kappa shape index (κ1) is 15.0. The number of nitrogens with one attached hydrogen (secondary N) is 1. The van der Waals surface area contributed by atoms with E-state index in [1.807, 2.05) is 46.3 Å². The van der Waals surface area contributed by atoms with Gasteiger partial charge >= 0.3 is 0 Å². The van der Waals surface area contributed by atoms with Crippen LogP contribution in [0.3, 0.4) is 0 Å². The molecular weight excluding hydrogens is 288 g/mol. The van der Waals surface area contributed by atoms with Gasteiger partial charge in [0.15, 0.2) is 5.82 Å². The Morgan fingerprint density at radius 2 is 2.04 bits per heavy atom. The molecule has 0 atom stereocenters. The number of anilines is 3. The average molecular weight is 308 g/mol. The van der Waals surface area contributed by atoms with Crippen LogP contribution in [0.25, 0.3) is 10.9 Å². The molecule has 6 nitrogen and oxygen atoms in total. The van der Waals surface area contributed by atoms with Crippen LogP contribution in [0.15, 0.2) is 47.8 Å². The highest BCUT2D eigenvalue weighted by Gasteiger charge is 2.05. The van der Waals surface area contributed by atoms with Crippen molar-refractivity contribution in [3.05, 3.63) is 42.7 Å². The summed E-state index contributed by atoms with van der Waals surface area (Å²) in [5.41, 5.74) is 3.12. The largest absolute Gasteiger partial charge is 0.351 e. The highest BCUT2D eigenvalue weighted by atomic mass is 15.5. The molecule has 6 heteroatoms. The normalized spacial score (nSPS) is 10.6. The molecule has 0 bridgehead atoms. The fourth-order valence-electron chi connectivity index (χ4n) is 2.43. The quantitative estimate of drug-likeness (QED) is 0.591. The van der Waals surface area contributed by atoms with E-state index in [4.69, 9.17) is 0 Å².